The number of Topliss-reactive ketones (excluding diaryl/α,β-unsaturated/α-hetero) is 1. The highest BCUT2D eigenvalue weighted by Crippen LogP contribution is 2.29. The predicted molar refractivity (Wildman–Crippen MR) is 136 cm³/mol. The highest BCUT2D eigenvalue weighted by Gasteiger charge is 2.24. The van der Waals surface area contributed by atoms with Crippen LogP contribution in [0.4, 0.5) is 0 Å². The van der Waals surface area contributed by atoms with Gasteiger partial charge in [-0.05, 0) is 63.1 Å². The number of thioether (sulfide) groups is 1. The molecule has 5 aromatic rings. The molecule has 1 unspecified atom stereocenters. The minimum absolute atomic E-state index is 0.0412. The minimum atomic E-state index is -0.384. The Morgan fingerprint density at radius 3 is 2.44 bits per heavy atom. The van der Waals surface area contributed by atoms with Crippen molar-refractivity contribution in [2.24, 2.45) is 0 Å². The van der Waals surface area contributed by atoms with Crippen LogP contribution in [0.15, 0.2) is 76.7 Å². The first-order chi connectivity index (χ1) is 16.4. The standard InChI is InChI=1S/C27H24N4O2S/c1-16-13-14-17(2)21(15-16)24(32)19(4)34-27-29-28-26-30(22-11-7-5-9-18(22)3)25(33)20-10-6-8-12-23(20)31(26)27/h5-15,19H,1-4H3. The lowest BCUT2D eigenvalue weighted by Crippen LogP contribution is -2.22. The summed E-state index contributed by atoms with van der Waals surface area (Å²) < 4.78 is 3.48. The summed E-state index contributed by atoms with van der Waals surface area (Å²) in [6.07, 6.45) is 0. The Bertz CT molecular complexity index is 1630. The van der Waals surface area contributed by atoms with E-state index >= 15 is 0 Å². The molecule has 0 aliphatic rings. The first kappa shape index (κ1) is 22.1. The second-order valence-electron chi connectivity index (χ2n) is 8.50. The van der Waals surface area contributed by atoms with E-state index in [4.69, 9.17) is 0 Å². The molecular weight excluding hydrogens is 444 g/mol. The van der Waals surface area contributed by atoms with E-state index in [1.807, 2.05) is 98.8 Å². The summed E-state index contributed by atoms with van der Waals surface area (Å²) in [7, 11) is 0. The van der Waals surface area contributed by atoms with Crippen LogP contribution in [0.3, 0.4) is 0 Å². The monoisotopic (exact) mass is 468 g/mol. The van der Waals surface area contributed by atoms with Crippen LogP contribution in [0, 0.1) is 20.8 Å². The van der Waals surface area contributed by atoms with Gasteiger partial charge in [0.05, 0.1) is 21.8 Å². The molecule has 3 aromatic carbocycles. The van der Waals surface area contributed by atoms with E-state index in [1.54, 1.807) is 4.57 Å². The van der Waals surface area contributed by atoms with Gasteiger partial charge in [0, 0.05) is 5.56 Å². The van der Waals surface area contributed by atoms with Crippen molar-refractivity contribution < 1.29 is 4.79 Å². The number of benzene rings is 3. The van der Waals surface area contributed by atoms with Gasteiger partial charge >= 0.3 is 0 Å². The van der Waals surface area contributed by atoms with E-state index in [0.29, 0.717) is 21.8 Å². The molecule has 0 N–H and O–H groups in total. The van der Waals surface area contributed by atoms with Gasteiger partial charge in [0.25, 0.3) is 5.56 Å². The summed E-state index contributed by atoms with van der Waals surface area (Å²) in [6, 6.07) is 21.0. The Morgan fingerprint density at radius 1 is 0.912 bits per heavy atom. The van der Waals surface area contributed by atoms with E-state index in [2.05, 4.69) is 10.2 Å². The highest BCUT2D eigenvalue weighted by atomic mass is 32.2. The molecule has 34 heavy (non-hydrogen) atoms. The third-order valence-electron chi connectivity index (χ3n) is 6.06. The molecular formula is C27H24N4O2S. The van der Waals surface area contributed by atoms with Crippen LogP contribution in [-0.2, 0) is 0 Å². The van der Waals surface area contributed by atoms with Gasteiger partial charge in [0.2, 0.25) is 5.78 Å². The topological polar surface area (TPSA) is 69.3 Å². The summed E-state index contributed by atoms with van der Waals surface area (Å²) in [5, 5.41) is 9.58. The lowest BCUT2D eigenvalue weighted by molar-refractivity contribution is 0.0993. The van der Waals surface area contributed by atoms with E-state index in [0.717, 1.165) is 27.9 Å². The van der Waals surface area contributed by atoms with E-state index < -0.39 is 0 Å². The van der Waals surface area contributed by atoms with Crippen molar-refractivity contribution in [3.05, 3.63) is 99.3 Å². The van der Waals surface area contributed by atoms with Crippen LogP contribution in [0.1, 0.15) is 34.0 Å². The number of hydrogen-bond acceptors (Lipinski definition) is 5. The first-order valence-corrected chi connectivity index (χ1v) is 12.0. The van der Waals surface area contributed by atoms with Gasteiger partial charge in [0.15, 0.2) is 10.9 Å². The Morgan fingerprint density at radius 2 is 1.65 bits per heavy atom. The van der Waals surface area contributed by atoms with Crippen LogP contribution >= 0.6 is 11.8 Å². The molecule has 2 heterocycles. The lowest BCUT2D eigenvalue weighted by atomic mass is 10.0. The molecule has 1 atom stereocenters. The average Bonchev–Trinajstić information content (AvgIpc) is 3.24. The Labute approximate surface area is 201 Å². The second-order valence-corrected chi connectivity index (χ2v) is 9.81. The smallest absolute Gasteiger partial charge is 0.267 e. The largest absolute Gasteiger partial charge is 0.293 e. The summed E-state index contributed by atoms with van der Waals surface area (Å²) in [4.78, 5) is 26.8. The number of aryl methyl sites for hydroxylation is 3. The number of carbonyl (C=O) groups excluding carboxylic acids is 1. The van der Waals surface area contributed by atoms with E-state index in [-0.39, 0.29) is 16.6 Å². The molecule has 0 fully saturated rings. The molecule has 0 radical (unpaired) electrons. The number of aromatic nitrogens is 4. The van der Waals surface area contributed by atoms with Gasteiger partial charge in [-0.25, -0.2) is 4.57 Å². The molecule has 5 rings (SSSR count). The summed E-state index contributed by atoms with van der Waals surface area (Å²) in [5.74, 6) is 0.464. The second kappa shape index (κ2) is 8.57. The fraction of sp³-hybridized carbons (Fsp3) is 0.185. The zero-order valence-electron chi connectivity index (χ0n) is 19.4. The van der Waals surface area contributed by atoms with Gasteiger partial charge in [-0.15, -0.1) is 10.2 Å². The SMILES string of the molecule is Cc1ccc(C)c(C(=O)C(C)Sc2nnc3n(-c4ccccc4C)c(=O)c4ccccc4n23)c1. The summed E-state index contributed by atoms with van der Waals surface area (Å²) >= 11 is 1.35. The summed E-state index contributed by atoms with van der Waals surface area (Å²) in [5.41, 5.74) is 4.99. The van der Waals surface area contributed by atoms with E-state index in [9.17, 15) is 9.59 Å². The number of nitrogens with zero attached hydrogens (tertiary/aromatic N) is 4. The first-order valence-electron chi connectivity index (χ1n) is 11.1. The van der Waals surface area contributed by atoms with Crippen molar-refractivity contribution in [2.45, 2.75) is 38.1 Å². The number of rotatable bonds is 5. The maximum absolute atomic E-state index is 13.5. The molecule has 0 spiro atoms. The third kappa shape index (κ3) is 3.62. The van der Waals surface area contributed by atoms with Crippen LogP contribution in [0.2, 0.25) is 0 Å². The molecule has 2 aromatic heterocycles. The van der Waals surface area contributed by atoms with Gasteiger partial charge in [-0.2, -0.15) is 0 Å². The van der Waals surface area contributed by atoms with Crippen molar-refractivity contribution in [3.8, 4) is 5.69 Å². The molecule has 0 aliphatic carbocycles. The van der Waals surface area contributed by atoms with Gasteiger partial charge in [0.1, 0.15) is 0 Å². The summed E-state index contributed by atoms with van der Waals surface area (Å²) in [6.45, 7) is 7.78. The number of ketones is 1. The number of fused-ring (bicyclic) bond motifs is 3. The quantitative estimate of drug-likeness (QED) is 0.258. The molecule has 6 nitrogen and oxygen atoms in total. The molecule has 0 bridgehead atoms. The normalized spacial score (nSPS) is 12.4. The van der Waals surface area contributed by atoms with Crippen LogP contribution in [0.25, 0.3) is 22.4 Å². The van der Waals surface area contributed by atoms with Crippen molar-refractivity contribution in [3.63, 3.8) is 0 Å². The van der Waals surface area contributed by atoms with Crippen molar-refractivity contribution in [1.82, 2.24) is 19.2 Å². The van der Waals surface area contributed by atoms with Crippen LogP contribution in [-0.4, -0.2) is 30.2 Å². The van der Waals surface area contributed by atoms with Gasteiger partial charge in [-0.1, -0.05) is 59.8 Å². The molecule has 170 valence electrons. The minimum Gasteiger partial charge on any atom is -0.293 e. The average molecular weight is 469 g/mol. The van der Waals surface area contributed by atoms with Crippen molar-refractivity contribution >= 4 is 34.2 Å². The zero-order chi connectivity index (χ0) is 24.0. The number of hydrogen-bond donors (Lipinski definition) is 0. The van der Waals surface area contributed by atoms with Crippen molar-refractivity contribution in [1.29, 1.82) is 0 Å². The lowest BCUT2D eigenvalue weighted by Gasteiger charge is -2.14. The highest BCUT2D eigenvalue weighted by molar-refractivity contribution is 8.00. The fourth-order valence-corrected chi connectivity index (χ4v) is 5.14. The molecule has 0 saturated heterocycles. The van der Waals surface area contributed by atoms with Gasteiger partial charge in [-0.3, -0.25) is 14.0 Å². The maximum Gasteiger partial charge on any atom is 0.267 e. The molecule has 0 aliphatic heterocycles. The van der Waals surface area contributed by atoms with Crippen LogP contribution in [0.5, 0.6) is 0 Å². The molecule has 0 amide bonds. The van der Waals surface area contributed by atoms with Crippen LogP contribution < -0.4 is 5.56 Å². The van der Waals surface area contributed by atoms with Gasteiger partial charge < -0.3 is 0 Å². The van der Waals surface area contributed by atoms with E-state index in [1.165, 1.54) is 11.8 Å². The Hall–Kier alpha value is -3.71. The Balaban J connectivity index is 1.68. The number of carbonyl (C=O) groups is 1. The number of para-hydroxylation sites is 2. The predicted octanol–water partition coefficient (Wildman–Crippen LogP) is 5.32. The molecule has 7 heteroatoms. The fourth-order valence-electron chi connectivity index (χ4n) is 4.22. The third-order valence-corrected chi connectivity index (χ3v) is 7.10. The zero-order valence-corrected chi connectivity index (χ0v) is 20.3. The van der Waals surface area contributed by atoms with Crippen molar-refractivity contribution in [2.75, 3.05) is 0 Å². The maximum atomic E-state index is 13.5. The molecule has 0 saturated carbocycles. The Kier molecular flexibility index (Phi) is 5.57.